The molecule has 0 radical (unpaired) electrons. The highest BCUT2D eigenvalue weighted by atomic mass is 32.2. The number of hydrogen-bond donors (Lipinski definition) is 1. The Morgan fingerprint density at radius 2 is 1.71 bits per heavy atom. The Balaban J connectivity index is 1.99. The van der Waals surface area contributed by atoms with Gasteiger partial charge in [-0.25, -0.2) is 8.42 Å². The highest BCUT2D eigenvalue weighted by Gasteiger charge is 2.22. The summed E-state index contributed by atoms with van der Waals surface area (Å²) in [5.41, 5.74) is 3.01. The van der Waals surface area contributed by atoms with Gasteiger partial charge in [-0.05, 0) is 30.9 Å². The molecule has 128 valence electrons. The highest BCUT2D eigenvalue weighted by molar-refractivity contribution is 7.91. The quantitative estimate of drug-likeness (QED) is 0.839. The molecule has 0 saturated carbocycles. The third-order valence-corrected chi connectivity index (χ3v) is 5.21. The molecular weight excluding hydrogens is 322 g/mol. The van der Waals surface area contributed by atoms with Gasteiger partial charge in [0.2, 0.25) is 5.91 Å². The summed E-state index contributed by atoms with van der Waals surface area (Å²) in [6.07, 6.45) is 2.31. The first-order valence-corrected chi connectivity index (χ1v) is 9.88. The number of hydrogen-bond acceptors (Lipinski definition) is 3. The highest BCUT2D eigenvalue weighted by Crippen LogP contribution is 2.10. The minimum atomic E-state index is -3.36. The molecule has 0 spiro atoms. The Morgan fingerprint density at radius 3 is 2.33 bits per heavy atom. The van der Waals surface area contributed by atoms with Gasteiger partial charge in [0.05, 0.1) is 6.42 Å². The minimum absolute atomic E-state index is 0.180. The molecule has 4 nitrogen and oxygen atoms in total. The summed E-state index contributed by atoms with van der Waals surface area (Å²) in [7, 11) is -3.36. The third-order valence-electron chi connectivity index (χ3n) is 3.82. The molecule has 2 aromatic carbocycles. The van der Waals surface area contributed by atoms with Crippen molar-refractivity contribution < 1.29 is 13.2 Å². The molecule has 24 heavy (non-hydrogen) atoms. The molecule has 0 aliphatic rings. The van der Waals surface area contributed by atoms with Crippen molar-refractivity contribution in [3.63, 3.8) is 0 Å². The van der Waals surface area contributed by atoms with Crippen LogP contribution in [0.25, 0.3) is 0 Å². The largest absolute Gasteiger partial charge is 0.339 e. The van der Waals surface area contributed by atoms with Crippen molar-refractivity contribution >= 4 is 15.7 Å². The number of nitrogens with one attached hydrogen (secondary N) is 1. The summed E-state index contributed by atoms with van der Waals surface area (Å²) in [5, 5.41) is 1.80. The molecular formula is C19H23NO3S. The molecule has 1 unspecified atom stereocenters. The molecule has 0 fully saturated rings. The molecule has 2 aromatic rings. The van der Waals surface area contributed by atoms with Crippen molar-refractivity contribution in [2.75, 3.05) is 6.26 Å². The van der Waals surface area contributed by atoms with Crippen LogP contribution in [0.3, 0.4) is 0 Å². The number of carbonyl (C=O) groups excluding carboxylic acids is 1. The molecule has 0 aliphatic heterocycles. The fraction of sp³-hybridized carbons (Fsp3) is 0.316. The number of rotatable bonds is 7. The average molecular weight is 345 g/mol. The van der Waals surface area contributed by atoms with Gasteiger partial charge in [0.1, 0.15) is 5.37 Å². The van der Waals surface area contributed by atoms with E-state index in [4.69, 9.17) is 0 Å². The van der Waals surface area contributed by atoms with Crippen LogP contribution in [0.2, 0.25) is 0 Å². The van der Waals surface area contributed by atoms with Gasteiger partial charge in [-0.2, -0.15) is 0 Å². The van der Waals surface area contributed by atoms with E-state index in [0.29, 0.717) is 12.8 Å². The van der Waals surface area contributed by atoms with Crippen LogP contribution >= 0.6 is 0 Å². The van der Waals surface area contributed by atoms with Gasteiger partial charge in [-0.15, -0.1) is 0 Å². The van der Waals surface area contributed by atoms with E-state index in [1.165, 1.54) is 0 Å². The summed E-state index contributed by atoms with van der Waals surface area (Å²) in [5.74, 6) is -0.274. The molecule has 0 aromatic heterocycles. The van der Waals surface area contributed by atoms with Crippen molar-refractivity contribution in [2.45, 2.75) is 31.6 Å². The van der Waals surface area contributed by atoms with Crippen LogP contribution in [0.4, 0.5) is 0 Å². The second-order valence-electron chi connectivity index (χ2n) is 6.08. The van der Waals surface area contributed by atoms with Crippen molar-refractivity contribution in [1.82, 2.24) is 5.32 Å². The van der Waals surface area contributed by atoms with Gasteiger partial charge in [-0.3, -0.25) is 4.79 Å². The van der Waals surface area contributed by atoms with E-state index in [-0.39, 0.29) is 12.3 Å². The van der Waals surface area contributed by atoms with Gasteiger partial charge >= 0.3 is 0 Å². The smallest absolute Gasteiger partial charge is 0.225 e. The molecule has 0 saturated heterocycles. The van der Waals surface area contributed by atoms with E-state index >= 15 is 0 Å². The summed E-state index contributed by atoms with van der Waals surface area (Å²) >= 11 is 0. The zero-order valence-electron chi connectivity index (χ0n) is 14.0. The maximum absolute atomic E-state index is 12.2. The first kappa shape index (κ1) is 18.2. The topological polar surface area (TPSA) is 63.2 Å². The number of aryl methyl sites for hydroxylation is 2. The predicted octanol–water partition coefficient (Wildman–Crippen LogP) is 2.66. The van der Waals surface area contributed by atoms with Crippen molar-refractivity contribution in [1.29, 1.82) is 0 Å². The Hall–Kier alpha value is -2.14. The zero-order chi connectivity index (χ0) is 17.6. The molecule has 0 bridgehead atoms. The molecule has 0 heterocycles. The van der Waals surface area contributed by atoms with E-state index in [1.807, 2.05) is 61.5 Å². The summed E-state index contributed by atoms with van der Waals surface area (Å²) in [6, 6.07) is 17.3. The average Bonchev–Trinajstić information content (AvgIpc) is 2.51. The Labute approximate surface area is 143 Å². The lowest BCUT2D eigenvalue weighted by Crippen LogP contribution is -2.41. The van der Waals surface area contributed by atoms with Crippen LogP contribution in [0.15, 0.2) is 54.6 Å². The summed E-state index contributed by atoms with van der Waals surface area (Å²) < 4.78 is 24.0. The maximum atomic E-state index is 12.2. The predicted molar refractivity (Wildman–Crippen MR) is 96.4 cm³/mol. The minimum Gasteiger partial charge on any atom is -0.339 e. The molecule has 1 amide bonds. The monoisotopic (exact) mass is 345 g/mol. The lowest BCUT2D eigenvalue weighted by molar-refractivity contribution is -0.120. The maximum Gasteiger partial charge on any atom is 0.225 e. The summed E-state index contributed by atoms with van der Waals surface area (Å²) in [6.45, 7) is 1.96. The Kier molecular flexibility index (Phi) is 6.15. The van der Waals surface area contributed by atoms with Gasteiger partial charge in [0.25, 0.3) is 0 Å². The normalized spacial score (nSPS) is 12.6. The van der Waals surface area contributed by atoms with E-state index in [1.54, 1.807) is 0 Å². The van der Waals surface area contributed by atoms with E-state index < -0.39 is 15.2 Å². The van der Waals surface area contributed by atoms with Gasteiger partial charge in [0, 0.05) is 6.26 Å². The number of carbonyl (C=O) groups is 1. The van der Waals surface area contributed by atoms with E-state index in [2.05, 4.69) is 5.32 Å². The number of sulfone groups is 1. The van der Waals surface area contributed by atoms with Gasteiger partial charge in [0.15, 0.2) is 9.84 Å². The zero-order valence-corrected chi connectivity index (χ0v) is 14.8. The molecule has 1 atom stereocenters. The molecule has 1 N–H and O–H groups in total. The van der Waals surface area contributed by atoms with Crippen molar-refractivity contribution in [3.05, 3.63) is 71.3 Å². The number of benzene rings is 2. The second kappa shape index (κ2) is 8.11. The number of amides is 1. The third kappa shape index (κ3) is 5.81. The lowest BCUT2D eigenvalue weighted by atomic mass is 10.1. The van der Waals surface area contributed by atoms with Crippen LogP contribution in [-0.4, -0.2) is 26.0 Å². The van der Waals surface area contributed by atoms with Crippen molar-refractivity contribution in [2.24, 2.45) is 0 Å². The first-order chi connectivity index (χ1) is 11.3. The Morgan fingerprint density at radius 1 is 1.04 bits per heavy atom. The standard InChI is InChI=1S/C19H23NO3S/c1-15-7-6-10-17(13-15)14-18(21)20-19(24(2,22)23)12-11-16-8-4-3-5-9-16/h3-10,13,19H,11-12,14H2,1-2H3,(H,20,21). The SMILES string of the molecule is Cc1cccc(CC(=O)NC(CCc2ccccc2)S(C)(=O)=O)c1. The van der Waals surface area contributed by atoms with Gasteiger partial charge in [-0.1, -0.05) is 60.2 Å². The second-order valence-corrected chi connectivity index (χ2v) is 8.30. The molecule has 2 rings (SSSR count). The van der Waals surface area contributed by atoms with Gasteiger partial charge < -0.3 is 5.32 Å². The van der Waals surface area contributed by atoms with Crippen molar-refractivity contribution in [3.8, 4) is 0 Å². The first-order valence-electron chi connectivity index (χ1n) is 7.92. The van der Waals surface area contributed by atoms with Crippen LogP contribution in [0.5, 0.6) is 0 Å². The molecule has 5 heteroatoms. The fourth-order valence-electron chi connectivity index (χ4n) is 2.57. The van der Waals surface area contributed by atoms with E-state index in [0.717, 1.165) is 22.9 Å². The lowest BCUT2D eigenvalue weighted by Gasteiger charge is -2.17. The molecule has 0 aliphatic carbocycles. The Bertz CT molecular complexity index is 785. The van der Waals surface area contributed by atoms with Crippen LogP contribution in [0.1, 0.15) is 23.1 Å². The van der Waals surface area contributed by atoms with Crippen LogP contribution < -0.4 is 5.32 Å². The summed E-state index contributed by atoms with van der Waals surface area (Å²) in [4.78, 5) is 12.2. The van der Waals surface area contributed by atoms with E-state index in [9.17, 15) is 13.2 Å². The van der Waals surface area contributed by atoms with Crippen LogP contribution in [0, 0.1) is 6.92 Å². The van der Waals surface area contributed by atoms with Crippen LogP contribution in [-0.2, 0) is 27.5 Å². The fourth-order valence-corrected chi connectivity index (χ4v) is 3.47.